The average Bonchev–Trinajstić information content (AvgIpc) is 2.43. The topological polar surface area (TPSA) is 83.5 Å². The fraction of sp³-hybridized carbons (Fsp3) is 0.400. The summed E-state index contributed by atoms with van der Waals surface area (Å²) in [6, 6.07) is 7.87. The minimum Gasteiger partial charge on any atom is -0.391 e. The lowest BCUT2D eigenvalue weighted by atomic mass is 10.1. The van der Waals surface area contributed by atoms with Crippen molar-refractivity contribution in [2.45, 2.75) is 31.3 Å². The maximum absolute atomic E-state index is 11.9. The number of carbonyl (C=O) groups excluding carboxylic acids is 1. The Hall–Kier alpha value is -1.66. The molecule has 0 radical (unpaired) electrons. The lowest BCUT2D eigenvalue weighted by molar-refractivity contribution is -0.117. The Bertz CT molecular complexity index is 579. The molecule has 1 aromatic carbocycles. The molecule has 1 aromatic rings. The van der Waals surface area contributed by atoms with Gasteiger partial charge >= 0.3 is 0 Å². The van der Waals surface area contributed by atoms with Crippen LogP contribution in [0, 0.1) is 5.92 Å². The van der Waals surface area contributed by atoms with Crippen LogP contribution in [-0.4, -0.2) is 32.1 Å². The molecule has 5 nitrogen and oxygen atoms in total. The van der Waals surface area contributed by atoms with Crippen LogP contribution >= 0.6 is 0 Å². The molecule has 116 valence electrons. The average molecular weight is 311 g/mol. The van der Waals surface area contributed by atoms with Gasteiger partial charge in [0.2, 0.25) is 5.91 Å². The number of aliphatic hydroxyl groups excluding tert-OH is 1. The number of hydrogen-bond donors (Lipinski definition) is 2. The van der Waals surface area contributed by atoms with Gasteiger partial charge in [-0.3, -0.25) is 4.79 Å². The van der Waals surface area contributed by atoms with Gasteiger partial charge in [-0.05, 0) is 24.5 Å². The third-order valence-electron chi connectivity index (χ3n) is 2.73. The maximum atomic E-state index is 11.9. The lowest BCUT2D eigenvalue weighted by Crippen LogP contribution is -2.31. The van der Waals surface area contributed by atoms with Crippen LogP contribution in [0.5, 0.6) is 0 Å². The lowest BCUT2D eigenvalue weighted by Gasteiger charge is -2.12. The summed E-state index contributed by atoms with van der Waals surface area (Å²) in [6.45, 7) is 4.04. The van der Waals surface area contributed by atoms with Crippen molar-refractivity contribution in [3.63, 3.8) is 0 Å². The molecule has 0 saturated heterocycles. The van der Waals surface area contributed by atoms with Crippen molar-refractivity contribution in [2.24, 2.45) is 5.92 Å². The van der Waals surface area contributed by atoms with Crippen molar-refractivity contribution in [1.29, 1.82) is 0 Å². The van der Waals surface area contributed by atoms with E-state index in [1.165, 1.54) is 12.1 Å². The normalized spacial score (nSPS) is 13.5. The van der Waals surface area contributed by atoms with Crippen LogP contribution in [-0.2, 0) is 14.6 Å². The summed E-state index contributed by atoms with van der Waals surface area (Å²) in [5.74, 6) is -0.219. The van der Waals surface area contributed by atoms with Crippen LogP contribution in [0.15, 0.2) is 46.7 Å². The summed E-state index contributed by atoms with van der Waals surface area (Å²) in [5.41, 5.74) is 0. The predicted molar refractivity (Wildman–Crippen MR) is 81.2 cm³/mol. The Morgan fingerprint density at radius 3 is 2.48 bits per heavy atom. The Kier molecular flexibility index (Phi) is 6.58. The molecule has 21 heavy (non-hydrogen) atoms. The molecule has 1 amide bonds. The Balaban J connectivity index is 2.55. The molecule has 1 atom stereocenters. The molecule has 0 aromatic heterocycles. The molecule has 0 bridgehead atoms. The van der Waals surface area contributed by atoms with E-state index < -0.39 is 21.8 Å². The predicted octanol–water partition coefficient (Wildman–Crippen LogP) is 1.50. The standard InChI is InChI=1S/C15H21NO4S/c1-12(2)10-13(17)11-16-15(18)8-9-21(19,20)14-6-4-3-5-7-14/h3-9,12-13,17H,10-11H2,1-2H3,(H,16,18)/b9-8+. The van der Waals surface area contributed by atoms with E-state index in [1.807, 2.05) is 13.8 Å². The van der Waals surface area contributed by atoms with E-state index in [-0.39, 0.29) is 11.4 Å². The zero-order valence-corrected chi connectivity index (χ0v) is 13.0. The van der Waals surface area contributed by atoms with Crippen LogP contribution in [0.1, 0.15) is 20.3 Å². The van der Waals surface area contributed by atoms with Crippen molar-refractivity contribution in [3.05, 3.63) is 41.8 Å². The van der Waals surface area contributed by atoms with Gasteiger partial charge in [0.25, 0.3) is 0 Å². The van der Waals surface area contributed by atoms with Gasteiger partial charge < -0.3 is 10.4 Å². The molecular weight excluding hydrogens is 290 g/mol. The third-order valence-corrected chi connectivity index (χ3v) is 4.15. The summed E-state index contributed by atoms with van der Waals surface area (Å²) < 4.78 is 23.8. The second-order valence-corrected chi connectivity index (χ2v) is 7.02. The molecule has 0 fully saturated rings. The minimum absolute atomic E-state index is 0.104. The Morgan fingerprint density at radius 1 is 1.29 bits per heavy atom. The van der Waals surface area contributed by atoms with Crippen LogP contribution in [0.4, 0.5) is 0 Å². The highest BCUT2D eigenvalue weighted by Gasteiger charge is 2.11. The number of aliphatic hydroxyl groups is 1. The highest BCUT2D eigenvalue weighted by atomic mass is 32.2. The molecule has 0 aliphatic heterocycles. The van der Waals surface area contributed by atoms with Gasteiger partial charge in [-0.15, -0.1) is 0 Å². The first-order chi connectivity index (χ1) is 9.81. The van der Waals surface area contributed by atoms with Gasteiger partial charge in [0.05, 0.1) is 11.0 Å². The summed E-state index contributed by atoms with van der Waals surface area (Å²) in [5, 5.41) is 13.0. The first-order valence-corrected chi connectivity index (χ1v) is 8.30. The van der Waals surface area contributed by atoms with Gasteiger partial charge in [-0.1, -0.05) is 32.0 Å². The van der Waals surface area contributed by atoms with E-state index in [0.29, 0.717) is 12.3 Å². The molecular formula is C15H21NO4S. The largest absolute Gasteiger partial charge is 0.391 e. The SMILES string of the molecule is CC(C)CC(O)CNC(=O)/C=C/S(=O)(=O)c1ccccc1. The van der Waals surface area contributed by atoms with Crippen molar-refractivity contribution in [1.82, 2.24) is 5.32 Å². The number of sulfone groups is 1. The highest BCUT2D eigenvalue weighted by molar-refractivity contribution is 7.94. The summed E-state index contributed by atoms with van der Waals surface area (Å²) in [7, 11) is -3.62. The summed E-state index contributed by atoms with van der Waals surface area (Å²) in [4.78, 5) is 11.7. The number of rotatable bonds is 7. The number of nitrogens with one attached hydrogen (secondary N) is 1. The summed E-state index contributed by atoms with van der Waals surface area (Å²) in [6.07, 6.45) is 0.907. The molecule has 0 saturated carbocycles. The second kappa shape index (κ2) is 7.95. The zero-order valence-electron chi connectivity index (χ0n) is 12.2. The molecule has 1 unspecified atom stereocenters. The Morgan fingerprint density at radius 2 is 1.90 bits per heavy atom. The molecule has 1 rings (SSSR count). The second-order valence-electron chi connectivity index (χ2n) is 5.19. The number of benzene rings is 1. The van der Waals surface area contributed by atoms with E-state index in [2.05, 4.69) is 5.32 Å². The zero-order chi connectivity index (χ0) is 15.9. The van der Waals surface area contributed by atoms with Gasteiger partial charge in [0, 0.05) is 18.0 Å². The smallest absolute Gasteiger partial charge is 0.244 e. The number of carbonyl (C=O) groups is 1. The van der Waals surface area contributed by atoms with Crippen LogP contribution < -0.4 is 5.32 Å². The van der Waals surface area contributed by atoms with Crippen LogP contribution in [0.2, 0.25) is 0 Å². The highest BCUT2D eigenvalue weighted by Crippen LogP contribution is 2.10. The molecule has 6 heteroatoms. The minimum atomic E-state index is -3.62. The van der Waals surface area contributed by atoms with E-state index in [1.54, 1.807) is 18.2 Å². The quantitative estimate of drug-likeness (QED) is 0.747. The van der Waals surface area contributed by atoms with Crippen molar-refractivity contribution in [2.75, 3.05) is 6.54 Å². The molecule has 0 aliphatic carbocycles. The number of amides is 1. The van der Waals surface area contributed by atoms with E-state index >= 15 is 0 Å². The van der Waals surface area contributed by atoms with Gasteiger partial charge in [-0.25, -0.2) is 8.42 Å². The van der Waals surface area contributed by atoms with E-state index in [4.69, 9.17) is 0 Å². The third kappa shape index (κ3) is 6.55. The number of hydrogen-bond acceptors (Lipinski definition) is 4. The van der Waals surface area contributed by atoms with Gasteiger partial charge in [0.15, 0.2) is 9.84 Å². The fourth-order valence-corrected chi connectivity index (χ4v) is 2.74. The molecule has 0 heterocycles. The van der Waals surface area contributed by atoms with Crippen LogP contribution in [0.3, 0.4) is 0 Å². The monoisotopic (exact) mass is 311 g/mol. The first kappa shape index (κ1) is 17.4. The maximum Gasteiger partial charge on any atom is 0.244 e. The van der Waals surface area contributed by atoms with Crippen molar-refractivity contribution in [3.8, 4) is 0 Å². The molecule has 0 aliphatic rings. The summed E-state index contributed by atoms with van der Waals surface area (Å²) >= 11 is 0. The van der Waals surface area contributed by atoms with Gasteiger partial charge in [-0.2, -0.15) is 0 Å². The van der Waals surface area contributed by atoms with Gasteiger partial charge in [0.1, 0.15) is 0 Å². The molecule has 2 N–H and O–H groups in total. The van der Waals surface area contributed by atoms with Crippen molar-refractivity contribution >= 4 is 15.7 Å². The fourth-order valence-electron chi connectivity index (χ4n) is 1.74. The van der Waals surface area contributed by atoms with Crippen molar-refractivity contribution < 1.29 is 18.3 Å². The first-order valence-electron chi connectivity index (χ1n) is 6.75. The van der Waals surface area contributed by atoms with E-state index in [9.17, 15) is 18.3 Å². The molecule has 0 spiro atoms. The Labute approximate surface area is 125 Å². The van der Waals surface area contributed by atoms with Crippen LogP contribution in [0.25, 0.3) is 0 Å². The van der Waals surface area contributed by atoms with E-state index in [0.717, 1.165) is 11.5 Å².